The van der Waals surface area contributed by atoms with Crippen LogP contribution in [0.2, 0.25) is 0 Å². The Morgan fingerprint density at radius 1 is 1.41 bits per heavy atom. The molecule has 1 aliphatic rings. The van der Waals surface area contributed by atoms with Gasteiger partial charge in [-0.2, -0.15) is 0 Å². The molecule has 0 aromatic heterocycles. The van der Waals surface area contributed by atoms with Crippen molar-refractivity contribution in [1.82, 2.24) is 0 Å². The van der Waals surface area contributed by atoms with Gasteiger partial charge in [0.15, 0.2) is 0 Å². The molecule has 100 valence electrons. The molecule has 1 rings (SSSR count). The van der Waals surface area contributed by atoms with Gasteiger partial charge in [0.1, 0.15) is 0 Å². The Hall–Kier alpha value is -0.510. The fourth-order valence-electron chi connectivity index (χ4n) is 2.58. The summed E-state index contributed by atoms with van der Waals surface area (Å²) in [6, 6.07) is 0. The molecule has 0 aromatic carbocycles. The predicted octanol–water partition coefficient (Wildman–Crippen LogP) is 0.947. The van der Waals surface area contributed by atoms with Crippen LogP contribution in [0.25, 0.3) is 0 Å². The van der Waals surface area contributed by atoms with E-state index in [0.717, 1.165) is 19.3 Å². The summed E-state index contributed by atoms with van der Waals surface area (Å²) >= 11 is 0. The van der Waals surface area contributed by atoms with E-state index in [1.54, 1.807) is 6.92 Å². The summed E-state index contributed by atoms with van der Waals surface area (Å²) in [4.78, 5) is 23.2. The minimum absolute atomic E-state index is 0.0807. The van der Waals surface area contributed by atoms with Gasteiger partial charge in [-0.05, 0) is 0 Å². The summed E-state index contributed by atoms with van der Waals surface area (Å²) in [6.07, 6.45) is 3.02. The van der Waals surface area contributed by atoms with Crippen LogP contribution in [0.1, 0.15) is 40.0 Å². The SMILES string of the molecule is CCCCCO[PH]1(C(C)=O)C(C)C1(N)C(N)=O. The van der Waals surface area contributed by atoms with E-state index < -0.39 is 18.7 Å². The quantitative estimate of drug-likeness (QED) is 0.527. The Morgan fingerprint density at radius 3 is 2.35 bits per heavy atom. The third kappa shape index (κ3) is 2.01. The Bertz CT molecular complexity index is 337. The van der Waals surface area contributed by atoms with Crippen molar-refractivity contribution >= 4 is 18.9 Å². The van der Waals surface area contributed by atoms with Crippen LogP contribution in [-0.2, 0) is 14.1 Å². The van der Waals surface area contributed by atoms with Gasteiger partial charge in [-0.1, -0.05) is 0 Å². The van der Waals surface area contributed by atoms with Crippen molar-refractivity contribution in [2.24, 2.45) is 11.5 Å². The number of carbonyl (C=O) groups is 2. The van der Waals surface area contributed by atoms with Gasteiger partial charge in [0.25, 0.3) is 0 Å². The van der Waals surface area contributed by atoms with Crippen molar-refractivity contribution in [2.45, 2.75) is 51.0 Å². The van der Waals surface area contributed by atoms with E-state index in [0.29, 0.717) is 6.61 Å². The maximum atomic E-state index is 11.8. The summed E-state index contributed by atoms with van der Waals surface area (Å²) in [5, 5.41) is -1.20. The first-order valence-electron chi connectivity index (χ1n) is 6.09. The zero-order valence-corrected chi connectivity index (χ0v) is 11.8. The number of amides is 1. The second kappa shape index (κ2) is 5.01. The number of hydrogen-bond acceptors (Lipinski definition) is 4. The Balaban J connectivity index is 2.74. The van der Waals surface area contributed by atoms with Crippen molar-refractivity contribution in [3.05, 3.63) is 0 Å². The topological polar surface area (TPSA) is 95.4 Å². The fourth-order valence-corrected chi connectivity index (χ4v) is 7.14. The van der Waals surface area contributed by atoms with Crippen LogP contribution in [0.5, 0.6) is 0 Å². The number of primary amides is 1. The molecule has 1 fully saturated rings. The van der Waals surface area contributed by atoms with Crippen molar-refractivity contribution in [2.75, 3.05) is 6.61 Å². The van der Waals surface area contributed by atoms with E-state index >= 15 is 0 Å². The number of nitrogens with two attached hydrogens (primary N) is 2. The van der Waals surface area contributed by atoms with Gasteiger partial charge < -0.3 is 0 Å². The first-order valence-corrected chi connectivity index (χ1v) is 8.08. The molecule has 0 bridgehead atoms. The number of hydrogen-bond donors (Lipinski definition) is 2. The molecular formula is C11H23N2O3P. The molecule has 1 amide bonds. The van der Waals surface area contributed by atoms with E-state index in [4.69, 9.17) is 16.0 Å². The molecule has 1 heterocycles. The normalized spacial score (nSPS) is 31.9. The van der Waals surface area contributed by atoms with Gasteiger partial charge in [0.2, 0.25) is 0 Å². The van der Waals surface area contributed by atoms with Gasteiger partial charge in [0, 0.05) is 0 Å². The number of unbranched alkanes of at least 4 members (excludes halogenated alkanes) is 2. The van der Waals surface area contributed by atoms with E-state index in [1.807, 2.05) is 0 Å². The van der Waals surface area contributed by atoms with E-state index in [2.05, 4.69) is 6.92 Å². The molecular weight excluding hydrogens is 239 g/mol. The van der Waals surface area contributed by atoms with Crippen molar-refractivity contribution in [1.29, 1.82) is 0 Å². The average Bonchev–Trinajstić information content (AvgIpc) is 2.75. The summed E-state index contributed by atoms with van der Waals surface area (Å²) in [5.74, 6) is -0.609. The summed E-state index contributed by atoms with van der Waals surface area (Å²) < 4.78 is 5.76. The zero-order chi connectivity index (χ0) is 13.3. The summed E-state index contributed by atoms with van der Waals surface area (Å²) in [5.41, 5.74) is 11.0. The van der Waals surface area contributed by atoms with Crippen LogP contribution in [0.15, 0.2) is 0 Å². The Morgan fingerprint density at radius 2 is 2.00 bits per heavy atom. The maximum absolute atomic E-state index is 11.8. The molecule has 17 heavy (non-hydrogen) atoms. The third-order valence-electron chi connectivity index (χ3n) is 3.83. The number of carbonyl (C=O) groups excluding carboxylic acids is 2. The molecule has 0 spiro atoms. The summed E-state index contributed by atoms with van der Waals surface area (Å²) in [7, 11) is -2.84. The van der Waals surface area contributed by atoms with Gasteiger partial charge >= 0.3 is 102 Å². The fraction of sp³-hybridized carbons (Fsp3) is 0.818. The first kappa shape index (κ1) is 14.6. The van der Waals surface area contributed by atoms with Gasteiger partial charge in [-0.3, -0.25) is 0 Å². The van der Waals surface area contributed by atoms with Crippen LogP contribution in [0.3, 0.4) is 0 Å². The van der Waals surface area contributed by atoms with Crippen LogP contribution in [-0.4, -0.2) is 29.0 Å². The number of rotatable bonds is 7. The monoisotopic (exact) mass is 262 g/mol. The molecule has 4 N–H and O–H groups in total. The van der Waals surface area contributed by atoms with Gasteiger partial charge in [0.05, 0.1) is 0 Å². The van der Waals surface area contributed by atoms with E-state index in [9.17, 15) is 9.59 Å². The molecule has 0 saturated carbocycles. The summed E-state index contributed by atoms with van der Waals surface area (Å²) in [6.45, 7) is 5.84. The van der Waals surface area contributed by atoms with Crippen molar-refractivity contribution < 1.29 is 14.1 Å². The van der Waals surface area contributed by atoms with Crippen LogP contribution >= 0.6 is 7.49 Å². The second-order valence-corrected chi connectivity index (χ2v) is 8.96. The molecule has 5 nitrogen and oxygen atoms in total. The standard InChI is InChI=1S/C11H23N2O3P/c1-4-5-6-7-16-17(9(3)14)8(2)11(17,13)10(12)15/h8,17H,4-7,13H2,1-3H3,(H2,12,15). The van der Waals surface area contributed by atoms with Gasteiger partial charge in [-0.25, -0.2) is 0 Å². The van der Waals surface area contributed by atoms with Crippen molar-refractivity contribution in [3.8, 4) is 0 Å². The third-order valence-corrected chi connectivity index (χ3v) is 8.81. The molecule has 1 aliphatic heterocycles. The van der Waals surface area contributed by atoms with Crippen LogP contribution < -0.4 is 11.5 Å². The van der Waals surface area contributed by atoms with Crippen LogP contribution in [0.4, 0.5) is 0 Å². The average molecular weight is 262 g/mol. The van der Waals surface area contributed by atoms with Crippen LogP contribution in [0, 0.1) is 0 Å². The van der Waals surface area contributed by atoms with E-state index in [-0.39, 0.29) is 11.2 Å². The zero-order valence-electron chi connectivity index (χ0n) is 10.8. The Kier molecular flexibility index (Phi) is 4.28. The molecule has 2 unspecified atom stereocenters. The Labute approximate surface area is 103 Å². The first-order chi connectivity index (χ1) is 7.85. The molecule has 0 aliphatic carbocycles. The molecule has 0 radical (unpaired) electrons. The molecule has 1 saturated heterocycles. The predicted molar refractivity (Wildman–Crippen MR) is 70.0 cm³/mol. The molecule has 0 aromatic rings. The van der Waals surface area contributed by atoms with E-state index in [1.165, 1.54) is 6.92 Å². The molecule has 2 atom stereocenters. The minimum atomic E-state index is -2.84. The second-order valence-electron chi connectivity index (χ2n) is 4.80. The molecule has 6 heteroatoms. The van der Waals surface area contributed by atoms with Crippen molar-refractivity contribution in [3.63, 3.8) is 0 Å². The van der Waals surface area contributed by atoms with Gasteiger partial charge in [-0.15, -0.1) is 0 Å².